The van der Waals surface area contributed by atoms with Crippen LogP contribution in [0.4, 0.5) is 0 Å². The predicted octanol–water partition coefficient (Wildman–Crippen LogP) is 1.69. The lowest BCUT2D eigenvalue weighted by Gasteiger charge is -2.05. The molecule has 1 aromatic rings. The maximum Gasteiger partial charge on any atom is 0.232 e. The average molecular weight is 230 g/mol. The van der Waals surface area contributed by atoms with Crippen molar-refractivity contribution in [3.63, 3.8) is 0 Å². The molecule has 0 bridgehead atoms. The highest BCUT2D eigenvalue weighted by Gasteiger charge is 2.09. The molecule has 1 N–H and O–H groups in total. The van der Waals surface area contributed by atoms with Gasteiger partial charge in [0, 0.05) is 4.88 Å². The summed E-state index contributed by atoms with van der Waals surface area (Å²) < 4.78 is 0. The summed E-state index contributed by atoms with van der Waals surface area (Å²) in [6.45, 7) is 6.23. The molecule has 0 aliphatic heterocycles. The molecule has 78 valence electrons. The molecule has 0 aliphatic rings. The zero-order valence-corrected chi connectivity index (χ0v) is 10.2. The molecule has 1 amide bonds. The highest BCUT2D eigenvalue weighted by molar-refractivity contribution is 7.81. The van der Waals surface area contributed by atoms with Gasteiger partial charge in [-0.2, -0.15) is 12.6 Å². The van der Waals surface area contributed by atoms with Crippen molar-refractivity contribution in [1.29, 1.82) is 0 Å². The van der Waals surface area contributed by atoms with Crippen LogP contribution < -0.4 is 5.32 Å². The van der Waals surface area contributed by atoms with Gasteiger partial charge in [-0.1, -0.05) is 0 Å². The summed E-state index contributed by atoms with van der Waals surface area (Å²) in [5.41, 5.74) is 1.000. The third-order valence-corrected chi connectivity index (χ3v) is 3.11. The first-order chi connectivity index (χ1) is 6.50. The van der Waals surface area contributed by atoms with Gasteiger partial charge in [-0.25, -0.2) is 4.98 Å². The minimum absolute atomic E-state index is 0.0428. The van der Waals surface area contributed by atoms with Crippen LogP contribution in [0.25, 0.3) is 0 Å². The SMILES string of the molecule is Cc1nc(C)c(CNC(=O)C(C)S)s1. The number of rotatable bonds is 3. The van der Waals surface area contributed by atoms with Gasteiger partial charge in [-0.3, -0.25) is 4.79 Å². The average Bonchev–Trinajstić information content (AvgIpc) is 2.40. The molecule has 0 aliphatic carbocycles. The summed E-state index contributed by atoms with van der Waals surface area (Å²) in [5, 5.41) is 3.58. The van der Waals surface area contributed by atoms with E-state index in [1.807, 2.05) is 13.8 Å². The van der Waals surface area contributed by atoms with Crippen molar-refractivity contribution in [3.05, 3.63) is 15.6 Å². The second kappa shape index (κ2) is 4.79. The van der Waals surface area contributed by atoms with Crippen LogP contribution in [-0.4, -0.2) is 16.1 Å². The lowest BCUT2D eigenvalue weighted by Crippen LogP contribution is -2.29. The fourth-order valence-corrected chi connectivity index (χ4v) is 2.02. The summed E-state index contributed by atoms with van der Waals surface area (Å²) in [7, 11) is 0. The molecule has 1 heterocycles. The van der Waals surface area contributed by atoms with E-state index in [2.05, 4.69) is 22.9 Å². The van der Waals surface area contributed by atoms with E-state index in [-0.39, 0.29) is 11.2 Å². The number of thiazole rings is 1. The molecule has 0 aromatic carbocycles. The van der Waals surface area contributed by atoms with Gasteiger partial charge in [0.1, 0.15) is 0 Å². The number of thiol groups is 1. The number of nitrogens with zero attached hydrogens (tertiary/aromatic N) is 1. The minimum atomic E-state index is -0.260. The Balaban J connectivity index is 2.54. The molecule has 1 unspecified atom stereocenters. The first-order valence-corrected chi connectivity index (χ1v) is 5.72. The number of carbonyl (C=O) groups is 1. The molecule has 3 nitrogen and oxygen atoms in total. The van der Waals surface area contributed by atoms with E-state index in [0.717, 1.165) is 15.6 Å². The van der Waals surface area contributed by atoms with Crippen molar-refractivity contribution < 1.29 is 4.79 Å². The lowest BCUT2D eigenvalue weighted by molar-refractivity contribution is -0.120. The Morgan fingerprint density at radius 1 is 1.64 bits per heavy atom. The normalized spacial score (nSPS) is 12.6. The molecule has 0 fully saturated rings. The Morgan fingerprint density at radius 3 is 2.71 bits per heavy atom. The van der Waals surface area contributed by atoms with Crippen LogP contribution in [0.15, 0.2) is 0 Å². The molecule has 0 spiro atoms. The zero-order chi connectivity index (χ0) is 10.7. The summed E-state index contributed by atoms with van der Waals surface area (Å²) in [6, 6.07) is 0. The number of nitrogens with one attached hydrogen (secondary N) is 1. The second-order valence-electron chi connectivity index (χ2n) is 3.14. The van der Waals surface area contributed by atoms with Crippen LogP contribution in [0.1, 0.15) is 22.5 Å². The first-order valence-electron chi connectivity index (χ1n) is 4.39. The van der Waals surface area contributed by atoms with Gasteiger partial charge in [-0.05, 0) is 20.8 Å². The van der Waals surface area contributed by atoms with Gasteiger partial charge in [-0.15, -0.1) is 11.3 Å². The Kier molecular flexibility index (Phi) is 3.95. The standard InChI is InChI=1S/C9H14N2OS2/c1-5-8(14-7(3)11-5)4-10-9(12)6(2)13/h6,13H,4H2,1-3H3,(H,10,12). The van der Waals surface area contributed by atoms with E-state index >= 15 is 0 Å². The number of amides is 1. The van der Waals surface area contributed by atoms with E-state index < -0.39 is 0 Å². The number of aryl methyl sites for hydroxylation is 2. The van der Waals surface area contributed by atoms with Gasteiger partial charge in [0.25, 0.3) is 0 Å². The van der Waals surface area contributed by atoms with Gasteiger partial charge in [0.2, 0.25) is 5.91 Å². The van der Waals surface area contributed by atoms with Crippen molar-refractivity contribution in [2.45, 2.75) is 32.6 Å². The number of aromatic nitrogens is 1. The van der Waals surface area contributed by atoms with Crippen LogP contribution in [0.3, 0.4) is 0 Å². The first kappa shape index (κ1) is 11.5. The Labute approximate surface area is 93.3 Å². The van der Waals surface area contributed by atoms with Crippen molar-refractivity contribution in [2.24, 2.45) is 0 Å². The van der Waals surface area contributed by atoms with E-state index in [4.69, 9.17) is 0 Å². The second-order valence-corrected chi connectivity index (χ2v) is 5.20. The minimum Gasteiger partial charge on any atom is -0.350 e. The maximum atomic E-state index is 11.2. The van der Waals surface area contributed by atoms with Gasteiger partial charge in [0.15, 0.2) is 0 Å². The smallest absolute Gasteiger partial charge is 0.232 e. The molecule has 1 rings (SSSR count). The Bertz CT molecular complexity index is 334. The maximum absolute atomic E-state index is 11.2. The van der Waals surface area contributed by atoms with Crippen molar-refractivity contribution in [1.82, 2.24) is 10.3 Å². The van der Waals surface area contributed by atoms with Gasteiger partial charge < -0.3 is 5.32 Å². The van der Waals surface area contributed by atoms with Crippen LogP contribution in [0.5, 0.6) is 0 Å². The quantitative estimate of drug-likeness (QED) is 0.776. The number of hydrogen-bond acceptors (Lipinski definition) is 4. The van der Waals surface area contributed by atoms with Crippen LogP contribution in [0, 0.1) is 13.8 Å². The van der Waals surface area contributed by atoms with E-state index in [1.165, 1.54) is 0 Å². The van der Waals surface area contributed by atoms with Gasteiger partial charge >= 0.3 is 0 Å². The molecule has 0 saturated heterocycles. The van der Waals surface area contributed by atoms with Crippen molar-refractivity contribution >= 4 is 29.9 Å². The third kappa shape index (κ3) is 2.99. The number of hydrogen-bond donors (Lipinski definition) is 2. The van der Waals surface area contributed by atoms with Crippen LogP contribution in [0.2, 0.25) is 0 Å². The molecule has 0 radical (unpaired) electrons. The highest BCUT2D eigenvalue weighted by Crippen LogP contribution is 2.16. The molecule has 14 heavy (non-hydrogen) atoms. The molecule has 0 saturated carbocycles. The lowest BCUT2D eigenvalue weighted by atomic mass is 10.3. The van der Waals surface area contributed by atoms with E-state index in [9.17, 15) is 4.79 Å². The number of carbonyl (C=O) groups excluding carboxylic acids is 1. The molecular weight excluding hydrogens is 216 g/mol. The molecular formula is C9H14N2OS2. The van der Waals surface area contributed by atoms with E-state index in [0.29, 0.717) is 6.54 Å². The summed E-state index contributed by atoms with van der Waals surface area (Å²) in [5.74, 6) is -0.0428. The molecule has 1 aromatic heterocycles. The summed E-state index contributed by atoms with van der Waals surface area (Å²) in [4.78, 5) is 16.6. The largest absolute Gasteiger partial charge is 0.350 e. The van der Waals surface area contributed by atoms with Crippen LogP contribution in [-0.2, 0) is 11.3 Å². The fraction of sp³-hybridized carbons (Fsp3) is 0.556. The Hall–Kier alpha value is -0.550. The monoisotopic (exact) mass is 230 g/mol. The highest BCUT2D eigenvalue weighted by atomic mass is 32.1. The van der Waals surface area contributed by atoms with Crippen molar-refractivity contribution in [3.8, 4) is 0 Å². The topological polar surface area (TPSA) is 42.0 Å². The fourth-order valence-electron chi connectivity index (χ4n) is 1.05. The predicted molar refractivity (Wildman–Crippen MR) is 61.9 cm³/mol. The summed E-state index contributed by atoms with van der Waals surface area (Å²) >= 11 is 5.66. The Morgan fingerprint density at radius 2 is 2.29 bits per heavy atom. The third-order valence-electron chi connectivity index (χ3n) is 1.80. The van der Waals surface area contributed by atoms with Crippen LogP contribution >= 0.6 is 24.0 Å². The molecule has 1 atom stereocenters. The van der Waals surface area contributed by atoms with E-state index in [1.54, 1.807) is 18.3 Å². The van der Waals surface area contributed by atoms with Gasteiger partial charge in [0.05, 0.1) is 22.5 Å². The zero-order valence-electron chi connectivity index (χ0n) is 8.50. The summed E-state index contributed by atoms with van der Waals surface area (Å²) in [6.07, 6.45) is 0. The molecule has 5 heteroatoms. The van der Waals surface area contributed by atoms with Crippen molar-refractivity contribution in [2.75, 3.05) is 0 Å².